The summed E-state index contributed by atoms with van der Waals surface area (Å²) in [5, 5.41) is 11.1. The minimum absolute atomic E-state index is 0.258. The fraction of sp³-hybridized carbons (Fsp3) is 0.727. The highest BCUT2D eigenvalue weighted by Crippen LogP contribution is 2.19. The number of nitrogens with zero attached hydrogens (tertiary/aromatic N) is 2. The molecule has 1 atom stereocenters. The number of hydrogen-bond donors (Lipinski definition) is 1. The Labute approximate surface area is 118 Å². The Morgan fingerprint density at radius 2 is 2.00 bits per heavy atom. The first kappa shape index (κ1) is 16.8. The van der Waals surface area contributed by atoms with Crippen molar-refractivity contribution in [2.45, 2.75) is 39.5 Å². The second-order valence-corrected chi connectivity index (χ2v) is 5.72. The van der Waals surface area contributed by atoms with Crippen LogP contribution in [0.5, 0.6) is 0 Å². The maximum absolute atomic E-state index is 12.0. The van der Waals surface area contributed by atoms with Crippen molar-refractivity contribution in [1.82, 2.24) is 10.2 Å². The van der Waals surface area contributed by atoms with Gasteiger partial charge in [-0.3, -0.25) is 10.1 Å². The summed E-state index contributed by atoms with van der Waals surface area (Å²) in [4.78, 5) is 11.6. The van der Waals surface area contributed by atoms with Crippen LogP contribution < -0.4 is 5.32 Å². The Balaban J connectivity index is 2.47. The van der Waals surface area contributed by atoms with Gasteiger partial charge < -0.3 is 4.74 Å². The number of anilines is 1. The van der Waals surface area contributed by atoms with E-state index in [1.165, 1.54) is 18.3 Å². The maximum Gasteiger partial charge on any atom is 0.411 e. The van der Waals surface area contributed by atoms with Gasteiger partial charge in [0.1, 0.15) is 17.7 Å². The number of hydrogen-bond acceptors (Lipinski definition) is 5. The van der Waals surface area contributed by atoms with Crippen LogP contribution in [0, 0.1) is 5.92 Å². The number of carbonyl (C=O) groups is 1. The second-order valence-electron chi connectivity index (χ2n) is 4.66. The number of ether oxygens (including phenoxy) is 1. The van der Waals surface area contributed by atoms with Crippen LogP contribution in [0.3, 0.4) is 0 Å². The van der Waals surface area contributed by atoms with Crippen LogP contribution in [0.1, 0.15) is 25.8 Å². The maximum atomic E-state index is 12.0. The van der Waals surface area contributed by atoms with Gasteiger partial charge in [0.05, 0.1) is 0 Å². The molecule has 0 bridgehead atoms. The lowest BCUT2D eigenvalue weighted by molar-refractivity contribution is -0.184. The third-order valence-corrected chi connectivity index (χ3v) is 3.01. The molecular formula is C11H16F3N3O2S. The van der Waals surface area contributed by atoms with Gasteiger partial charge in [-0.2, -0.15) is 13.2 Å². The molecular weight excluding hydrogens is 295 g/mol. The Morgan fingerprint density at radius 3 is 2.55 bits per heavy atom. The number of aromatic nitrogens is 2. The molecule has 114 valence electrons. The normalized spacial score (nSPS) is 13.6. The molecule has 0 aromatic carbocycles. The molecule has 1 unspecified atom stereocenters. The molecule has 1 amide bonds. The smallest absolute Gasteiger partial charge is 0.359 e. The van der Waals surface area contributed by atoms with E-state index in [2.05, 4.69) is 20.3 Å². The SMILES string of the molecule is CC(C)Cc1nnc(NC(=O)C(C)OCC(F)(F)F)s1. The Morgan fingerprint density at radius 1 is 1.35 bits per heavy atom. The summed E-state index contributed by atoms with van der Waals surface area (Å²) in [5.41, 5.74) is 0. The summed E-state index contributed by atoms with van der Waals surface area (Å²) < 4.78 is 40.3. The molecule has 20 heavy (non-hydrogen) atoms. The van der Waals surface area contributed by atoms with Gasteiger partial charge in [-0.05, 0) is 12.8 Å². The van der Waals surface area contributed by atoms with Crippen LogP contribution in [-0.2, 0) is 16.0 Å². The summed E-state index contributed by atoms with van der Waals surface area (Å²) in [6.45, 7) is 3.83. The first-order valence-electron chi connectivity index (χ1n) is 5.99. The van der Waals surface area contributed by atoms with Gasteiger partial charge in [0.2, 0.25) is 5.13 Å². The fourth-order valence-corrected chi connectivity index (χ4v) is 2.19. The van der Waals surface area contributed by atoms with E-state index in [4.69, 9.17) is 0 Å². The minimum Gasteiger partial charge on any atom is -0.359 e. The molecule has 1 rings (SSSR count). The summed E-state index contributed by atoms with van der Waals surface area (Å²) in [7, 11) is 0. The van der Waals surface area contributed by atoms with Crippen molar-refractivity contribution in [1.29, 1.82) is 0 Å². The first-order valence-corrected chi connectivity index (χ1v) is 6.80. The van der Waals surface area contributed by atoms with Gasteiger partial charge in [-0.15, -0.1) is 10.2 Å². The number of amides is 1. The van der Waals surface area contributed by atoms with Crippen molar-refractivity contribution >= 4 is 22.4 Å². The zero-order valence-corrected chi connectivity index (χ0v) is 12.1. The predicted molar refractivity (Wildman–Crippen MR) is 68.5 cm³/mol. The van der Waals surface area contributed by atoms with E-state index in [1.54, 1.807) is 0 Å². The predicted octanol–water partition coefficient (Wildman–Crippen LogP) is 2.64. The molecule has 1 aromatic rings. The molecule has 0 saturated heterocycles. The average Bonchev–Trinajstić information content (AvgIpc) is 2.71. The molecule has 0 saturated carbocycles. The van der Waals surface area contributed by atoms with E-state index in [0.717, 1.165) is 11.4 Å². The lowest BCUT2D eigenvalue weighted by atomic mass is 10.1. The topological polar surface area (TPSA) is 64.1 Å². The van der Waals surface area contributed by atoms with Crippen molar-refractivity contribution in [2.24, 2.45) is 5.92 Å². The number of carbonyl (C=O) groups excluding carboxylic acids is 1. The fourth-order valence-electron chi connectivity index (χ4n) is 1.24. The molecule has 0 aliphatic heterocycles. The van der Waals surface area contributed by atoms with E-state index in [9.17, 15) is 18.0 Å². The van der Waals surface area contributed by atoms with Crippen molar-refractivity contribution in [3.05, 3.63) is 5.01 Å². The molecule has 5 nitrogen and oxygen atoms in total. The van der Waals surface area contributed by atoms with Gasteiger partial charge in [0.25, 0.3) is 5.91 Å². The molecule has 1 N–H and O–H groups in total. The van der Waals surface area contributed by atoms with Gasteiger partial charge in [-0.1, -0.05) is 25.2 Å². The lowest BCUT2D eigenvalue weighted by Gasteiger charge is -2.13. The van der Waals surface area contributed by atoms with Crippen LogP contribution in [0.4, 0.5) is 18.3 Å². The average molecular weight is 311 g/mol. The molecule has 1 heterocycles. The monoisotopic (exact) mass is 311 g/mol. The third-order valence-electron chi connectivity index (χ3n) is 2.15. The standard InChI is InChI=1S/C11H16F3N3O2S/c1-6(2)4-8-16-17-10(20-8)15-9(18)7(3)19-5-11(12,13)14/h6-7H,4-5H2,1-3H3,(H,15,17,18). The zero-order valence-electron chi connectivity index (χ0n) is 11.3. The molecule has 1 aromatic heterocycles. The van der Waals surface area contributed by atoms with Crippen LogP contribution in [0.25, 0.3) is 0 Å². The Hall–Kier alpha value is -1.22. The second kappa shape index (κ2) is 6.98. The summed E-state index contributed by atoms with van der Waals surface area (Å²) in [6, 6.07) is 0. The van der Waals surface area contributed by atoms with Gasteiger partial charge in [0, 0.05) is 6.42 Å². The Bertz CT molecular complexity index is 448. The van der Waals surface area contributed by atoms with Crippen LogP contribution in [-0.4, -0.2) is 35.0 Å². The van der Waals surface area contributed by atoms with E-state index < -0.39 is 24.8 Å². The minimum atomic E-state index is -4.46. The number of rotatable bonds is 6. The van der Waals surface area contributed by atoms with Crippen molar-refractivity contribution in [2.75, 3.05) is 11.9 Å². The largest absolute Gasteiger partial charge is 0.411 e. The highest BCUT2D eigenvalue weighted by molar-refractivity contribution is 7.15. The molecule has 0 radical (unpaired) electrons. The summed E-state index contributed by atoms with van der Waals surface area (Å²) in [5.74, 6) is -0.276. The third kappa shape index (κ3) is 6.29. The van der Waals surface area contributed by atoms with Crippen LogP contribution in [0.2, 0.25) is 0 Å². The van der Waals surface area contributed by atoms with E-state index in [-0.39, 0.29) is 5.13 Å². The first-order chi connectivity index (χ1) is 9.17. The van der Waals surface area contributed by atoms with Crippen LogP contribution in [0.15, 0.2) is 0 Å². The van der Waals surface area contributed by atoms with E-state index in [1.807, 2.05) is 13.8 Å². The lowest BCUT2D eigenvalue weighted by Crippen LogP contribution is -2.31. The molecule has 0 spiro atoms. The van der Waals surface area contributed by atoms with E-state index in [0.29, 0.717) is 5.92 Å². The highest BCUT2D eigenvalue weighted by Gasteiger charge is 2.30. The van der Waals surface area contributed by atoms with Crippen molar-refractivity contribution < 1.29 is 22.7 Å². The number of halogens is 3. The Kier molecular flexibility index (Phi) is 5.88. The number of alkyl halides is 3. The molecule has 9 heteroatoms. The summed E-state index contributed by atoms with van der Waals surface area (Å²) in [6.07, 6.45) is -4.94. The van der Waals surface area contributed by atoms with E-state index >= 15 is 0 Å². The van der Waals surface area contributed by atoms with Crippen molar-refractivity contribution in [3.63, 3.8) is 0 Å². The molecule has 0 aliphatic carbocycles. The van der Waals surface area contributed by atoms with Gasteiger partial charge in [-0.25, -0.2) is 0 Å². The summed E-state index contributed by atoms with van der Waals surface area (Å²) >= 11 is 1.20. The van der Waals surface area contributed by atoms with Crippen LogP contribution >= 0.6 is 11.3 Å². The quantitative estimate of drug-likeness (QED) is 0.877. The van der Waals surface area contributed by atoms with Gasteiger partial charge in [0.15, 0.2) is 0 Å². The highest BCUT2D eigenvalue weighted by atomic mass is 32.1. The molecule has 0 aliphatic rings. The number of nitrogens with one attached hydrogen (secondary N) is 1. The molecule has 0 fully saturated rings. The zero-order chi connectivity index (χ0) is 15.3. The van der Waals surface area contributed by atoms with Gasteiger partial charge >= 0.3 is 6.18 Å². The van der Waals surface area contributed by atoms with Crippen molar-refractivity contribution in [3.8, 4) is 0 Å².